The summed E-state index contributed by atoms with van der Waals surface area (Å²) in [6, 6.07) is 5.95. The van der Waals surface area contributed by atoms with Crippen molar-refractivity contribution in [1.82, 2.24) is 9.88 Å². The topological polar surface area (TPSA) is 45.2 Å². The van der Waals surface area contributed by atoms with Crippen LogP contribution in [0, 0.1) is 0 Å². The second-order valence-corrected chi connectivity index (χ2v) is 4.84. The third-order valence-corrected chi connectivity index (χ3v) is 3.68. The SMILES string of the molecule is CCN(CC)C(=O)CNc1ccc2ncsc2c1. The fraction of sp³-hybridized carbons (Fsp3) is 0.385. The summed E-state index contributed by atoms with van der Waals surface area (Å²) < 4.78 is 1.13. The van der Waals surface area contributed by atoms with E-state index in [2.05, 4.69) is 10.3 Å². The lowest BCUT2D eigenvalue weighted by Gasteiger charge is -2.19. The minimum atomic E-state index is 0.129. The van der Waals surface area contributed by atoms with Crippen LogP contribution in [0.4, 0.5) is 5.69 Å². The van der Waals surface area contributed by atoms with Gasteiger partial charge < -0.3 is 10.2 Å². The Morgan fingerprint density at radius 1 is 1.39 bits per heavy atom. The van der Waals surface area contributed by atoms with Gasteiger partial charge in [0.25, 0.3) is 0 Å². The van der Waals surface area contributed by atoms with Crippen molar-refractivity contribution < 1.29 is 4.79 Å². The van der Waals surface area contributed by atoms with E-state index < -0.39 is 0 Å². The molecule has 2 aromatic rings. The van der Waals surface area contributed by atoms with Gasteiger partial charge in [-0.2, -0.15) is 0 Å². The maximum atomic E-state index is 11.8. The Morgan fingerprint density at radius 3 is 2.89 bits per heavy atom. The molecule has 1 N–H and O–H groups in total. The molecule has 0 aliphatic rings. The number of fused-ring (bicyclic) bond motifs is 1. The normalized spacial score (nSPS) is 10.6. The van der Waals surface area contributed by atoms with Crippen molar-refractivity contribution in [1.29, 1.82) is 0 Å². The zero-order valence-corrected chi connectivity index (χ0v) is 11.5. The van der Waals surface area contributed by atoms with E-state index in [0.717, 1.165) is 29.0 Å². The number of rotatable bonds is 5. The Labute approximate surface area is 111 Å². The van der Waals surface area contributed by atoms with E-state index in [4.69, 9.17) is 0 Å². The minimum absolute atomic E-state index is 0.129. The number of nitrogens with one attached hydrogen (secondary N) is 1. The molecule has 0 aliphatic carbocycles. The molecular weight excluding hydrogens is 246 g/mol. The number of aromatic nitrogens is 1. The van der Waals surface area contributed by atoms with Gasteiger partial charge in [-0.25, -0.2) is 4.98 Å². The van der Waals surface area contributed by atoms with Crippen LogP contribution >= 0.6 is 11.3 Å². The maximum absolute atomic E-state index is 11.8. The van der Waals surface area contributed by atoms with E-state index in [-0.39, 0.29) is 5.91 Å². The largest absolute Gasteiger partial charge is 0.376 e. The predicted molar refractivity (Wildman–Crippen MR) is 76.0 cm³/mol. The van der Waals surface area contributed by atoms with Crippen LogP contribution in [-0.2, 0) is 4.79 Å². The number of hydrogen-bond donors (Lipinski definition) is 1. The lowest BCUT2D eigenvalue weighted by Crippen LogP contribution is -2.35. The van der Waals surface area contributed by atoms with Crippen molar-refractivity contribution in [2.75, 3.05) is 25.0 Å². The van der Waals surface area contributed by atoms with Crippen LogP contribution in [0.25, 0.3) is 10.2 Å². The highest BCUT2D eigenvalue weighted by Crippen LogP contribution is 2.21. The van der Waals surface area contributed by atoms with Gasteiger partial charge in [0.05, 0.1) is 22.3 Å². The summed E-state index contributed by atoms with van der Waals surface area (Å²) in [7, 11) is 0. The second-order valence-electron chi connectivity index (χ2n) is 3.95. The van der Waals surface area contributed by atoms with Gasteiger partial charge in [0.1, 0.15) is 0 Å². The molecule has 1 aromatic heterocycles. The second kappa shape index (κ2) is 5.82. The number of likely N-dealkylation sites (N-methyl/N-ethyl adjacent to an activating group) is 1. The Balaban J connectivity index is 1.99. The molecule has 0 saturated carbocycles. The number of carbonyl (C=O) groups is 1. The molecule has 0 spiro atoms. The zero-order chi connectivity index (χ0) is 13.0. The van der Waals surface area contributed by atoms with Crippen molar-refractivity contribution in [3.63, 3.8) is 0 Å². The summed E-state index contributed by atoms with van der Waals surface area (Å²) >= 11 is 1.60. The van der Waals surface area contributed by atoms with E-state index in [1.807, 2.05) is 42.5 Å². The molecule has 1 heterocycles. The molecule has 4 nitrogen and oxygen atoms in total. The van der Waals surface area contributed by atoms with E-state index in [0.29, 0.717) is 6.54 Å². The number of thiazole rings is 1. The third-order valence-electron chi connectivity index (χ3n) is 2.89. The van der Waals surface area contributed by atoms with Gasteiger partial charge in [-0.3, -0.25) is 4.79 Å². The Kier molecular flexibility index (Phi) is 4.15. The van der Waals surface area contributed by atoms with Crippen LogP contribution in [0.3, 0.4) is 0 Å². The predicted octanol–water partition coefficient (Wildman–Crippen LogP) is 2.58. The van der Waals surface area contributed by atoms with Gasteiger partial charge >= 0.3 is 0 Å². The average Bonchev–Trinajstić information content (AvgIpc) is 2.85. The molecule has 0 bridgehead atoms. The fourth-order valence-corrected chi connectivity index (χ4v) is 2.55. The van der Waals surface area contributed by atoms with E-state index >= 15 is 0 Å². The summed E-state index contributed by atoms with van der Waals surface area (Å²) in [5.41, 5.74) is 3.79. The lowest BCUT2D eigenvalue weighted by atomic mass is 10.3. The van der Waals surface area contributed by atoms with Crippen molar-refractivity contribution in [3.8, 4) is 0 Å². The van der Waals surface area contributed by atoms with Crippen LogP contribution in [0.15, 0.2) is 23.7 Å². The van der Waals surface area contributed by atoms with Crippen LogP contribution < -0.4 is 5.32 Å². The van der Waals surface area contributed by atoms with Gasteiger partial charge in [-0.1, -0.05) is 0 Å². The first-order valence-electron chi connectivity index (χ1n) is 6.09. The monoisotopic (exact) mass is 263 g/mol. The third kappa shape index (κ3) is 2.79. The van der Waals surface area contributed by atoms with Crippen molar-refractivity contribution in [2.45, 2.75) is 13.8 Å². The molecule has 0 saturated heterocycles. The molecule has 2 rings (SSSR count). The highest BCUT2D eigenvalue weighted by Gasteiger charge is 2.08. The highest BCUT2D eigenvalue weighted by atomic mass is 32.1. The van der Waals surface area contributed by atoms with Gasteiger partial charge in [-0.05, 0) is 32.0 Å². The van der Waals surface area contributed by atoms with Crippen molar-refractivity contribution in [3.05, 3.63) is 23.7 Å². The summed E-state index contributed by atoms with van der Waals surface area (Å²) in [6.45, 7) is 5.83. The number of nitrogens with zero attached hydrogens (tertiary/aromatic N) is 2. The number of hydrogen-bond acceptors (Lipinski definition) is 4. The molecular formula is C13H17N3OS. The fourth-order valence-electron chi connectivity index (χ4n) is 1.83. The van der Waals surface area contributed by atoms with Crippen LogP contribution in [0.1, 0.15) is 13.8 Å². The smallest absolute Gasteiger partial charge is 0.241 e. The van der Waals surface area contributed by atoms with E-state index in [9.17, 15) is 4.79 Å². The Morgan fingerprint density at radius 2 is 2.17 bits per heavy atom. The van der Waals surface area contributed by atoms with Crippen LogP contribution in [0.5, 0.6) is 0 Å². The van der Waals surface area contributed by atoms with E-state index in [1.54, 1.807) is 11.3 Å². The number of anilines is 1. The van der Waals surface area contributed by atoms with Gasteiger partial charge in [0, 0.05) is 18.8 Å². The molecule has 0 fully saturated rings. The molecule has 5 heteroatoms. The standard InChI is InChI=1S/C13H17N3OS/c1-3-16(4-2)13(17)8-14-10-5-6-11-12(7-10)18-9-15-11/h5-7,9,14H,3-4,8H2,1-2H3. The summed E-state index contributed by atoms with van der Waals surface area (Å²) in [4.78, 5) is 17.9. The first-order chi connectivity index (χ1) is 8.74. The molecule has 1 amide bonds. The van der Waals surface area contributed by atoms with Crippen molar-refractivity contribution in [2.24, 2.45) is 0 Å². The van der Waals surface area contributed by atoms with Gasteiger partial charge in [-0.15, -0.1) is 11.3 Å². The molecule has 96 valence electrons. The first kappa shape index (κ1) is 12.8. The van der Waals surface area contributed by atoms with Gasteiger partial charge in [0.2, 0.25) is 5.91 Å². The molecule has 0 unspecified atom stereocenters. The molecule has 18 heavy (non-hydrogen) atoms. The quantitative estimate of drug-likeness (QED) is 0.901. The maximum Gasteiger partial charge on any atom is 0.241 e. The van der Waals surface area contributed by atoms with E-state index in [1.165, 1.54) is 0 Å². The molecule has 0 radical (unpaired) electrons. The highest BCUT2D eigenvalue weighted by molar-refractivity contribution is 7.16. The van der Waals surface area contributed by atoms with Crippen LogP contribution in [0.2, 0.25) is 0 Å². The zero-order valence-electron chi connectivity index (χ0n) is 10.6. The average molecular weight is 263 g/mol. The molecule has 0 aliphatic heterocycles. The van der Waals surface area contributed by atoms with Gasteiger partial charge in [0.15, 0.2) is 0 Å². The molecule has 0 atom stereocenters. The van der Waals surface area contributed by atoms with Crippen molar-refractivity contribution >= 4 is 33.1 Å². The van der Waals surface area contributed by atoms with Crippen LogP contribution in [-0.4, -0.2) is 35.4 Å². The lowest BCUT2D eigenvalue weighted by molar-refractivity contribution is -0.128. The molecule has 1 aromatic carbocycles. The number of benzene rings is 1. The summed E-state index contributed by atoms with van der Waals surface area (Å²) in [6.07, 6.45) is 0. The number of carbonyl (C=O) groups excluding carboxylic acids is 1. The summed E-state index contributed by atoms with van der Waals surface area (Å²) in [5, 5.41) is 3.16. The first-order valence-corrected chi connectivity index (χ1v) is 6.97. The number of amides is 1. The Bertz CT molecular complexity index is 534. The Hall–Kier alpha value is -1.62. The minimum Gasteiger partial charge on any atom is -0.376 e. The summed E-state index contributed by atoms with van der Waals surface area (Å²) in [5.74, 6) is 0.129.